The summed E-state index contributed by atoms with van der Waals surface area (Å²) in [6.45, 7) is 8.97. The first kappa shape index (κ1) is 13.2. The Morgan fingerprint density at radius 3 is 2.69 bits per heavy atom. The van der Waals surface area contributed by atoms with Crippen molar-refractivity contribution in [1.29, 1.82) is 0 Å². The highest BCUT2D eigenvalue weighted by Gasteiger charge is 2.26. The van der Waals surface area contributed by atoms with Crippen LogP contribution in [0.5, 0.6) is 0 Å². The van der Waals surface area contributed by atoms with E-state index in [1.54, 1.807) is 0 Å². The van der Waals surface area contributed by atoms with Gasteiger partial charge in [0.1, 0.15) is 6.29 Å². The molecule has 0 aromatic carbocycles. The smallest absolute Gasteiger partial charge is 0.120 e. The molecule has 16 heavy (non-hydrogen) atoms. The molecule has 0 heterocycles. The van der Waals surface area contributed by atoms with Gasteiger partial charge in [0, 0.05) is 6.42 Å². The first-order valence-corrected chi connectivity index (χ1v) is 6.29. The van der Waals surface area contributed by atoms with Crippen LogP contribution in [0.4, 0.5) is 0 Å². The predicted octanol–water partition coefficient (Wildman–Crippen LogP) is 4.29. The van der Waals surface area contributed by atoms with Gasteiger partial charge in [-0.25, -0.2) is 0 Å². The molecule has 0 amide bonds. The molecule has 1 rings (SSSR count). The fraction of sp³-hybridized carbons (Fsp3) is 0.667. The maximum Gasteiger partial charge on any atom is 0.120 e. The lowest BCUT2D eigenvalue weighted by atomic mass is 9.72. The maximum atomic E-state index is 10.4. The molecule has 0 saturated heterocycles. The van der Waals surface area contributed by atoms with Gasteiger partial charge < -0.3 is 4.79 Å². The molecule has 0 bridgehead atoms. The van der Waals surface area contributed by atoms with Gasteiger partial charge in [0.05, 0.1) is 0 Å². The van der Waals surface area contributed by atoms with Crippen molar-refractivity contribution in [3.05, 3.63) is 23.3 Å². The summed E-state index contributed by atoms with van der Waals surface area (Å²) in [6, 6.07) is 0. The zero-order valence-corrected chi connectivity index (χ0v) is 11.0. The minimum atomic E-state index is 0.305. The normalized spacial score (nSPS) is 22.5. The maximum absolute atomic E-state index is 10.4. The van der Waals surface area contributed by atoms with Gasteiger partial charge in [-0.1, -0.05) is 38.5 Å². The summed E-state index contributed by atoms with van der Waals surface area (Å²) in [5, 5.41) is 0. The average Bonchev–Trinajstić information content (AvgIpc) is 2.16. The van der Waals surface area contributed by atoms with Crippen LogP contribution in [0, 0.1) is 11.3 Å². The molecule has 0 aromatic rings. The van der Waals surface area contributed by atoms with E-state index < -0.39 is 0 Å². The van der Waals surface area contributed by atoms with Gasteiger partial charge in [-0.05, 0) is 43.1 Å². The van der Waals surface area contributed by atoms with Crippen molar-refractivity contribution in [1.82, 2.24) is 0 Å². The summed E-state index contributed by atoms with van der Waals surface area (Å²) in [7, 11) is 0. The summed E-state index contributed by atoms with van der Waals surface area (Å²) in [5.74, 6) is 0.357. The Morgan fingerprint density at radius 2 is 2.12 bits per heavy atom. The van der Waals surface area contributed by atoms with Crippen LogP contribution >= 0.6 is 0 Å². The number of carbonyl (C=O) groups excluding carboxylic acids is 1. The molecule has 0 fully saturated rings. The Balaban J connectivity index is 2.80. The topological polar surface area (TPSA) is 17.1 Å². The summed E-state index contributed by atoms with van der Waals surface area (Å²) >= 11 is 0. The summed E-state index contributed by atoms with van der Waals surface area (Å²) in [4.78, 5) is 10.4. The molecule has 0 aliphatic heterocycles. The second-order valence-corrected chi connectivity index (χ2v) is 5.67. The Bertz CT molecular complexity index is 307. The molecule has 0 aromatic heterocycles. The molecule has 0 unspecified atom stereocenters. The SMILES string of the molecule is CC1=C(/C=C/[C@@H](C)CC=O)C(C)(C)CCC1. The largest absolute Gasteiger partial charge is 0.303 e. The van der Waals surface area contributed by atoms with Crippen LogP contribution in [0.1, 0.15) is 53.4 Å². The number of aldehydes is 1. The third kappa shape index (κ3) is 3.33. The van der Waals surface area contributed by atoms with Gasteiger partial charge in [-0.3, -0.25) is 0 Å². The van der Waals surface area contributed by atoms with Gasteiger partial charge in [0.15, 0.2) is 0 Å². The molecule has 0 N–H and O–H groups in total. The van der Waals surface area contributed by atoms with Crippen LogP contribution in [-0.2, 0) is 4.79 Å². The highest BCUT2D eigenvalue weighted by molar-refractivity contribution is 5.50. The lowest BCUT2D eigenvalue weighted by Gasteiger charge is -2.33. The van der Waals surface area contributed by atoms with E-state index in [4.69, 9.17) is 0 Å². The zero-order chi connectivity index (χ0) is 12.2. The predicted molar refractivity (Wildman–Crippen MR) is 69.3 cm³/mol. The molecular formula is C15H24O. The minimum absolute atomic E-state index is 0.305. The number of rotatable bonds is 4. The Morgan fingerprint density at radius 1 is 1.44 bits per heavy atom. The highest BCUT2D eigenvalue weighted by Crippen LogP contribution is 2.40. The van der Waals surface area contributed by atoms with Crippen molar-refractivity contribution in [2.24, 2.45) is 11.3 Å². The van der Waals surface area contributed by atoms with Crippen molar-refractivity contribution < 1.29 is 4.79 Å². The number of hydrogen-bond donors (Lipinski definition) is 0. The molecule has 1 atom stereocenters. The fourth-order valence-electron chi connectivity index (χ4n) is 2.50. The Labute approximate surface area is 99.6 Å². The van der Waals surface area contributed by atoms with Gasteiger partial charge >= 0.3 is 0 Å². The van der Waals surface area contributed by atoms with Gasteiger partial charge in [0.25, 0.3) is 0 Å². The van der Waals surface area contributed by atoms with E-state index in [0.717, 1.165) is 6.29 Å². The third-order valence-electron chi connectivity index (χ3n) is 3.60. The second kappa shape index (κ2) is 5.47. The quantitative estimate of drug-likeness (QED) is 0.646. The van der Waals surface area contributed by atoms with Gasteiger partial charge in [0.2, 0.25) is 0 Å². The lowest BCUT2D eigenvalue weighted by molar-refractivity contribution is -0.108. The standard InChI is InChI=1S/C15H24O/c1-12(9-11-16)7-8-14-13(2)6-5-10-15(14,3)4/h7-8,11-12H,5-6,9-10H2,1-4H3/b8-7+/t12-/m1/s1. The molecular weight excluding hydrogens is 196 g/mol. The molecule has 0 saturated carbocycles. The molecule has 1 nitrogen and oxygen atoms in total. The van der Waals surface area contributed by atoms with Crippen molar-refractivity contribution in [3.8, 4) is 0 Å². The van der Waals surface area contributed by atoms with Crippen LogP contribution in [0.25, 0.3) is 0 Å². The molecule has 1 aliphatic carbocycles. The first-order valence-electron chi connectivity index (χ1n) is 6.29. The van der Waals surface area contributed by atoms with Crippen LogP contribution in [-0.4, -0.2) is 6.29 Å². The average molecular weight is 220 g/mol. The molecule has 0 radical (unpaired) electrons. The van der Waals surface area contributed by atoms with E-state index in [0.29, 0.717) is 17.8 Å². The lowest BCUT2D eigenvalue weighted by Crippen LogP contribution is -2.19. The number of carbonyl (C=O) groups is 1. The van der Waals surface area contributed by atoms with E-state index in [1.807, 2.05) is 0 Å². The third-order valence-corrected chi connectivity index (χ3v) is 3.60. The summed E-state index contributed by atoms with van der Waals surface area (Å²) in [5.41, 5.74) is 3.31. The monoisotopic (exact) mass is 220 g/mol. The second-order valence-electron chi connectivity index (χ2n) is 5.67. The minimum Gasteiger partial charge on any atom is -0.303 e. The molecule has 0 spiro atoms. The summed E-state index contributed by atoms with van der Waals surface area (Å²) in [6.07, 6.45) is 9.87. The van der Waals surface area contributed by atoms with Crippen molar-refractivity contribution in [2.75, 3.05) is 0 Å². The van der Waals surface area contributed by atoms with E-state index in [-0.39, 0.29) is 0 Å². The van der Waals surface area contributed by atoms with E-state index >= 15 is 0 Å². The number of allylic oxidation sites excluding steroid dienone is 4. The van der Waals surface area contributed by atoms with E-state index in [9.17, 15) is 4.79 Å². The van der Waals surface area contributed by atoms with E-state index in [2.05, 4.69) is 39.8 Å². The Hall–Kier alpha value is -0.850. The van der Waals surface area contributed by atoms with Crippen LogP contribution in [0.15, 0.2) is 23.3 Å². The van der Waals surface area contributed by atoms with E-state index in [1.165, 1.54) is 30.4 Å². The van der Waals surface area contributed by atoms with Crippen molar-refractivity contribution >= 4 is 6.29 Å². The first-order chi connectivity index (χ1) is 7.47. The van der Waals surface area contributed by atoms with Gasteiger partial charge in [-0.2, -0.15) is 0 Å². The Kier molecular flexibility index (Phi) is 4.52. The molecule has 1 heteroatoms. The van der Waals surface area contributed by atoms with Gasteiger partial charge in [-0.15, -0.1) is 0 Å². The molecule has 1 aliphatic rings. The summed E-state index contributed by atoms with van der Waals surface area (Å²) < 4.78 is 0. The number of hydrogen-bond acceptors (Lipinski definition) is 1. The van der Waals surface area contributed by atoms with Crippen molar-refractivity contribution in [2.45, 2.75) is 53.4 Å². The zero-order valence-electron chi connectivity index (χ0n) is 11.0. The highest BCUT2D eigenvalue weighted by atomic mass is 16.1. The fourth-order valence-corrected chi connectivity index (χ4v) is 2.50. The molecule has 90 valence electrons. The van der Waals surface area contributed by atoms with Crippen LogP contribution in [0.2, 0.25) is 0 Å². The van der Waals surface area contributed by atoms with Crippen molar-refractivity contribution in [3.63, 3.8) is 0 Å². The van der Waals surface area contributed by atoms with Crippen LogP contribution < -0.4 is 0 Å². The van der Waals surface area contributed by atoms with Crippen LogP contribution in [0.3, 0.4) is 0 Å².